The molecule has 0 unspecified atom stereocenters. The van der Waals surface area contributed by atoms with Gasteiger partial charge >= 0.3 is 0 Å². The van der Waals surface area contributed by atoms with Crippen LogP contribution in [0.1, 0.15) is 29.8 Å². The monoisotopic (exact) mass is 450 g/mol. The first kappa shape index (κ1) is 22.1. The van der Waals surface area contributed by atoms with Crippen LogP contribution in [0.15, 0.2) is 65.8 Å². The summed E-state index contributed by atoms with van der Waals surface area (Å²) < 4.78 is 32.8. The summed E-state index contributed by atoms with van der Waals surface area (Å²) in [6, 6.07) is 14.7. The Morgan fingerprint density at radius 2 is 1.73 bits per heavy atom. The van der Waals surface area contributed by atoms with Gasteiger partial charge in [-0.15, -0.1) is 0 Å². The summed E-state index contributed by atoms with van der Waals surface area (Å²) in [5.41, 5.74) is 1.09. The number of methoxy groups -OCH3 is 1. The molecule has 0 saturated carbocycles. The van der Waals surface area contributed by atoms with E-state index >= 15 is 0 Å². The molecule has 33 heavy (non-hydrogen) atoms. The van der Waals surface area contributed by atoms with Crippen molar-refractivity contribution in [2.75, 3.05) is 12.4 Å². The average molecular weight is 450 g/mol. The molecule has 0 aromatic heterocycles. The molecular weight excluding hydrogens is 430 g/mol. The molecule has 1 amide bonds. The maximum Gasteiger partial charge on any atom is 0.258 e. The lowest BCUT2D eigenvalue weighted by Gasteiger charge is -2.15. The number of amides is 1. The van der Waals surface area contributed by atoms with Gasteiger partial charge in [0.1, 0.15) is 17.4 Å². The van der Waals surface area contributed by atoms with Crippen LogP contribution < -0.4 is 10.1 Å². The number of para-hydroxylation sites is 1. The number of carbonyl (C=O) groups is 2. The molecule has 1 aliphatic rings. The highest BCUT2D eigenvalue weighted by molar-refractivity contribution is 6.50. The number of nitrogens with zero attached hydrogens (tertiary/aromatic N) is 1. The van der Waals surface area contributed by atoms with Gasteiger partial charge in [0.25, 0.3) is 5.91 Å². The van der Waals surface area contributed by atoms with Crippen LogP contribution >= 0.6 is 0 Å². The van der Waals surface area contributed by atoms with E-state index < -0.39 is 23.1 Å². The number of ketones is 1. The van der Waals surface area contributed by atoms with Crippen LogP contribution in [0.5, 0.6) is 5.75 Å². The van der Waals surface area contributed by atoms with Gasteiger partial charge in [0.15, 0.2) is 11.3 Å². The third-order valence-corrected chi connectivity index (χ3v) is 5.23. The van der Waals surface area contributed by atoms with Crippen molar-refractivity contribution in [2.24, 2.45) is 5.16 Å². The minimum Gasteiger partial charge on any atom is -0.495 e. The second-order valence-corrected chi connectivity index (χ2v) is 7.91. The number of Topliss-reactive ketones (excluding diaryl/α,β-unsaturated/α-hetero) is 1. The Hall–Kier alpha value is -4.07. The van der Waals surface area contributed by atoms with Crippen LogP contribution in [0.25, 0.3) is 11.1 Å². The smallest absolute Gasteiger partial charge is 0.258 e. The van der Waals surface area contributed by atoms with Crippen LogP contribution in [0.3, 0.4) is 0 Å². The predicted molar refractivity (Wildman–Crippen MR) is 119 cm³/mol. The fraction of sp³-hybridized carbons (Fsp3) is 0.160. The summed E-state index contributed by atoms with van der Waals surface area (Å²) in [6.07, 6.45) is 0. The highest BCUT2D eigenvalue weighted by atomic mass is 19.1. The molecule has 168 valence electrons. The fourth-order valence-electron chi connectivity index (χ4n) is 3.47. The van der Waals surface area contributed by atoms with Crippen molar-refractivity contribution in [3.05, 3.63) is 83.4 Å². The van der Waals surface area contributed by atoms with E-state index in [-0.39, 0.29) is 17.1 Å². The second-order valence-electron chi connectivity index (χ2n) is 7.91. The molecule has 3 aromatic carbocycles. The summed E-state index contributed by atoms with van der Waals surface area (Å²) in [6.45, 7) is 3.29. The van der Waals surface area contributed by atoms with Crippen molar-refractivity contribution in [1.29, 1.82) is 0 Å². The SMILES string of the molecule is COc1c(C2=NOC(C)(C)C2=O)cccc1-c1ccc(NC(=O)c2cc(F)ccc2F)cc1. The Labute approximate surface area is 188 Å². The van der Waals surface area contributed by atoms with Crippen LogP contribution in [-0.2, 0) is 9.63 Å². The van der Waals surface area contributed by atoms with Crippen molar-refractivity contribution in [2.45, 2.75) is 19.4 Å². The maximum absolute atomic E-state index is 13.8. The Kier molecular flexibility index (Phi) is 5.68. The zero-order valence-corrected chi connectivity index (χ0v) is 18.1. The number of benzene rings is 3. The number of oxime groups is 1. The first-order valence-corrected chi connectivity index (χ1v) is 10.1. The summed E-state index contributed by atoms with van der Waals surface area (Å²) >= 11 is 0. The van der Waals surface area contributed by atoms with E-state index in [0.717, 1.165) is 23.8 Å². The Morgan fingerprint density at radius 1 is 1.03 bits per heavy atom. The fourth-order valence-corrected chi connectivity index (χ4v) is 3.47. The van der Waals surface area contributed by atoms with Crippen LogP contribution in [0, 0.1) is 11.6 Å². The maximum atomic E-state index is 13.8. The van der Waals surface area contributed by atoms with Crippen LogP contribution in [-0.4, -0.2) is 30.1 Å². The summed E-state index contributed by atoms with van der Waals surface area (Å²) in [5, 5.41) is 6.50. The number of nitrogens with one attached hydrogen (secondary N) is 1. The van der Waals surface area contributed by atoms with Gasteiger partial charge in [-0.25, -0.2) is 8.78 Å². The molecule has 1 N–H and O–H groups in total. The molecule has 0 atom stereocenters. The van der Waals surface area contributed by atoms with Crippen molar-refractivity contribution in [3.63, 3.8) is 0 Å². The van der Waals surface area contributed by atoms with Gasteiger partial charge in [0.05, 0.1) is 18.2 Å². The first-order chi connectivity index (χ1) is 15.7. The molecule has 0 saturated heterocycles. The summed E-state index contributed by atoms with van der Waals surface area (Å²) in [5.74, 6) is -2.09. The number of rotatable bonds is 5. The molecule has 0 radical (unpaired) electrons. The van der Waals surface area contributed by atoms with Crippen LogP contribution in [0.4, 0.5) is 14.5 Å². The van der Waals surface area contributed by atoms with Crippen LogP contribution in [0.2, 0.25) is 0 Å². The standard InChI is InChI=1S/C25H20F2N2O4/c1-25(2)23(30)21(29-33-25)18-6-4-5-17(22(18)32-3)14-7-10-16(11-8-14)28-24(31)19-13-15(26)9-12-20(19)27/h4-13H,1-3H3,(H,28,31). The Balaban J connectivity index is 1.61. The molecule has 0 spiro atoms. The van der Waals surface area contributed by atoms with Gasteiger partial charge in [-0.3, -0.25) is 9.59 Å². The van der Waals surface area contributed by atoms with Gasteiger partial charge in [-0.2, -0.15) is 0 Å². The number of ether oxygens (including phenoxy) is 1. The van der Waals surface area contributed by atoms with E-state index in [1.807, 2.05) is 6.07 Å². The molecule has 1 heterocycles. The lowest BCUT2D eigenvalue weighted by molar-refractivity contribution is -0.128. The zero-order chi connectivity index (χ0) is 23.8. The van der Waals surface area contributed by atoms with Crippen molar-refractivity contribution < 1.29 is 27.9 Å². The molecule has 6 nitrogen and oxygen atoms in total. The van der Waals surface area contributed by atoms with E-state index in [2.05, 4.69) is 10.5 Å². The number of hydrogen-bond acceptors (Lipinski definition) is 5. The van der Waals surface area contributed by atoms with Crippen molar-refractivity contribution in [1.82, 2.24) is 0 Å². The average Bonchev–Trinajstić information content (AvgIpc) is 3.07. The second kappa shape index (κ2) is 8.46. The quantitative estimate of drug-likeness (QED) is 0.595. The molecule has 3 aromatic rings. The molecule has 4 rings (SSSR count). The minimum absolute atomic E-state index is 0.180. The lowest BCUT2D eigenvalue weighted by atomic mass is 9.93. The van der Waals surface area contributed by atoms with E-state index in [1.54, 1.807) is 50.2 Å². The van der Waals surface area contributed by atoms with Gasteiger partial charge in [0.2, 0.25) is 5.78 Å². The molecule has 0 fully saturated rings. The normalized spacial score (nSPS) is 14.5. The van der Waals surface area contributed by atoms with E-state index in [9.17, 15) is 18.4 Å². The van der Waals surface area contributed by atoms with Gasteiger partial charge < -0.3 is 14.9 Å². The predicted octanol–water partition coefficient (Wildman–Crippen LogP) is 4.97. The number of anilines is 1. The number of carbonyl (C=O) groups excluding carboxylic acids is 2. The van der Waals surface area contributed by atoms with Gasteiger partial charge in [-0.05, 0) is 55.8 Å². The number of halogens is 2. The third kappa shape index (κ3) is 4.19. The Bertz CT molecular complexity index is 1280. The molecular formula is C25H20F2N2O4. The van der Waals surface area contributed by atoms with E-state index in [4.69, 9.17) is 9.57 Å². The van der Waals surface area contributed by atoms with E-state index in [1.165, 1.54) is 7.11 Å². The first-order valence-electron chi connectivity index (χ1n) is 10.1. The number of hydrogen-bond donors (Lipinski definition) is 1. The molecule has 0 aliphatic carbocycles. The van der Waals surface area contributed by atoms with Crippen molar-refractivity contribution >= 4 is 23.1 Å². The zero-order valence-electron chi connectivity index (χ0n) is 18.1. The summed E-state index contributed by atoms with van der Waals surface area (Å²) in [4.78, 5) is 30.2. The highest BCUT2D eigenvalue weighted by Gasteiger charge is 2.41. The third-order valence-electron chi connectivity index (χ3n) is 5.23. The highest BCUT2D eigenvalue weighted by Crippen LogP contribution is 2.36. The Morgan fingerprint density at radius 3 is 2.36 bits per heavy atom. The molecule has 1 aliphatic heterocycles. The van der Waals surface area contributed by atoms with Gasteiger partial charge in [-0.1, -0.05) is 29.4 Å². The van der Waals surface area contributed by atoms with Gasteiger partial charge in [0, 0.05) is 11.3 Å². The minimum atomic E-state index is -1.04. The van der Waals surface area contributed by atoms with Crippen molar-refractivity contribution in [3.8, 4) is 16.9 Å². The topological polar surface area (TPSA) is 77.0 Å². The molecule has 8 heteroatoms. The largest absolute Gasteiger partial charge is 0.495 e. The molecule has 0 bridgehead atoms. The summed E-state index contributed by atoms with van der Waals surface area (Å²) in [7, 11) is 1.50. The lowest BCUT2D eigenvalue weighted by Crippen LogP contribution is -2.33. The van der Waals surface area contributed by atoms with E-state index in [0.29, 0.717) is 22.6 Å².